The Kier molecular flexibility index (Phi) is 25.2. The molecule has 7 heterocycles. The number of rotatable bonds is 26. The van der Waals surface area contributed by atoms with Crippen molar-refractivity contribution < 1.29 is 28.3 Å². The zero-order valence-corrected chi connectivity index (χ0v) is 67.7. The zero-order valence-electron chi connectivity index (χ0n) is 58.3. The van der Waals surface area contributed by atoms with Gasteiger partial charge in [-0.2, -0.15) is 9.61 Å². The van der Waals surface area contributed by atoms with Crippen molar-refractivity contribution in [3.8, 4) is 11.1 Å². The molecule has 0 spiro atoms. The Morgan fingerprint density at radius 2 is 1.09 bits per heavy atom. The average Bonchev–Trinajstić information content (AvgIpc) is 1.57. The van der Waals surface area contributed by atoms with Gasteiger partial charge in [0.25, 0.3) is 6.21 Å². The Labute approximate surface area is 586 Å². The second kappa shape index (κ2) is 31.5. The molecule has 92 heavy (non-hydrogen) atoms. The Bertz CT molecular complexity index is 3140. The second-order valence-corrected chi connectivity index (χ2v) is 58.0. The molecule has 1 saturated heterocycles. The third kappa shape index (κ3) is 21.0. The van der Waals surface area contributed by atoms with E-state index < -0.39 is 32.3 Å². The van der Waals surface area contributed by atoms with E-state index >= 15 is 0 Å². The highest BCUT2D eigenvalue weighted by Crippen LogP contribution is 2.49. The molecular weight excluding hydrogens is 1460 g/mol. The second-order valence-electron chi connectivity index (χ2n) is 32.8. The number of allylic oxidation sites excluding steroid dienone is 2. The molecule has 0 radical (unpaired) electrons. The summed E-state index contributed by atoms with van der Waals surface area (Å²) in [5, 5.41) is 11.4. The first-order valence-corrected chi connectivity index (χ1v) is 51.5. The normalized spacial score (nSPS) is 23.2. The number of halogens is 3. The molecule has 4 atom stereocenters. The van der Waals surface area contributed by atoms with Gasteiger partial charge >= 0.3 is 16.5 Å². The number of hydrazone groups is 1. The van der Waals surface area contributed by atoms with Crippen LogP contribution in [-0.4, -0.2) is 150 Å². The van der Waals surface area contributed by atoms with Crippen LogP contribution in [-0.2, 0) is 28.3 Å². The van der Waals surface area contributed by atoms with E-state index in [1.165, 1.54) is 75.6 Å². The molecule has 5 fully saturated rings. The maximum atomic E-state index is 6.32. The van der Waals surface area contributed by atoms with Gasteiger partial charge in [0.15, 0.2) is 11.5 Å². The number of hydrogen-bond donors (Lipinski definition) is 0. The lowest BCUT2D eigenvalue weighted by molar-refractivity contribution is -0.0328. The van der Waals surface area contributed by atoms with Gasteiger partial charge < -0.3 is 38.1 Å². The number of ether oxygens (including phenoxy) is 4. The molecule has 4 unspecified atom stereocenters. The molecule has 4 aliphatic carbocycles. The molecule has 504 valence electrons. The molecule has 24 heteroatoms. The van der Waals surface area contributed by atoms with Crippen LogP contribution in [0.1, 0.15) is 104 Å². The van der Waals surface area contributed by atoms with Gasteiger partial charge in [-0.15, -0.1) is 4.99 Å². The number of nitrogens with zero attached hydrogens (tertiary/aromatic N) is 10. The van der Waals surface area contributed by atoms with Crippen molar-refractivity contribution in [2.45, 2.75) is 212 Å². The van der Waals surface area contributed by atoms with Gasteiger partial charge in [-0.25, -0.2) is 15.0 Å². The lowest BCUT2D eigenvalue weighted by Crippen LogP contribution is -2.41. The lowest BCUT2D eigenvalue weighted by atomic mass is 9.78. The summed E-state index contributed by atoms with van der Waals surface area (Å²) in [6.45, 7) is 42.0. The number of hydrogen-bond acceptors (Lipinski definition) is 15. The summed E-state index contributed by atoms with van der Waals surface area (Å²) in [5.41, 5.74) is 5.65. The summed E-state index contributed by atoms with van der Waals surface area (Å²) in [4.78, 5) is 23.5. The third-order valence-corrected chi connectivity index (χ3v) is 27.9. The minimum Gasteiger partial charge on any atom is -0.399 e. The minimum absolute atomic E-state index is 0.301. The Hall–Kier alpha value is -2.57. The van der Waals surface area contributed by atoms with Crippen molar-refractivity contribution in [2.75, 3.05) is 58.3 Å². The zero-order chi connectivity index (χ0) is 66.4. The van der Waals surface area contributed by atoms with Crippen molar-refractivity contribution in [2.24, 2.45) is 39.7 Å². The SMILES string of the molecule is CC1(C)OB(c2ccc(Br)nc2)OC1(C)C.C[Si](C)(C)CCOCN(COCC[Si](C)(C)C)C1=CC(C2CC3CCC(C3)C2)=NC2=C(I)[C+]=NN12.C[Si](C)(C)CCOCN(COCC[Si](C)(C)C)c1cc(C2CC3CCC(C3)C2)nc2c(-c3ccc(Br)nc3)cnn12. The molecule has 11 rings (SSSR count). The molecule has 0 amide bonds. The fourth-order valence-corrected chi connectivity index (χ4v) is 17.0. The van der Waals surface area contributed by atoms with Crippen LogP contribution in [0.15, 0.2) is 89.5 Å². The van der Waals surface area contributed by atoms with Gasteiger partial charge in [-0.05, 0) is 164 Å². The Morgan fingerprint density at radius 1 is 0.620 bits per heavy atom. The molecule has 3 aliphatic heterocycles. The van der Waals surface area contributed by atoms with Crippen LogP contribution in [0.3, 0.4) is 0 Å². The Balaban J connectivity index is 0.000000177. The average molecular weight is 1570 g/mol. The van der Waals surface area contributed by atoms with Gasteiger partial charge in [0.2, 0.25) is 0 Å². The van der Waals surface area contributed by atoms with Crippen LogP contribution in [0.2, 0.25) is 103 Å². The quantitative estimate of drug-likeness (QED) is 0.0147. The fraction of sp³-hybridized carbons (Fsp3) is 0.676. The molecule has 4 bridgehead atoms. The Morgan fingerprint density at radius 3 is 1.54 bits per heavy atom. The van der Waals surface area contributed by atoms with E-state index in [1.807, 2.05) is 67.8 Å². The number of pyridine rings is 2. The van der Waals surface area contributed by atoms with E-state index in [-0.39, 0.29) is 18.3 Å². The number of fused-ring (bicyclic) bond motifs is 6. The molecule has 7 aliphatic rings. The highest BCUT2D eigenvalue weighted by atomic mass is 127. The van der Waals surface area contributed by atoms with E-state index in [0.29, 0.717) is 38.8 Å². The maximum Gasteiger partial charge on any atom is 0.496 e. The molecule has 0 aromatic carbocycles. The number of aliphatic imine (C=N–C) groups is 1. The molecule has 0 N–H and O–H groups in total. The monoisotopic (exact) mass is 1570 g/mol. The van der Waals surface area contributed by atoms with Gasteiger partial charge in [-0.3, -0.25) is 0 Å². The summed E-state index contributed by atoms with van der Waals surface area (Å²) in [5.74, 6) is 7.38. The van der Waals surface area contributed by atoms with Crippen molar-refractivity contribution in [3.05, 3.63) is 85.1 Å². The summed E-state index contributed by atoms with van der Waals surface area (Å²) in [6, 6.07) is 14.8. The van der Waals surface area contributed by atoms with Crippen molar-refractivity contribution in [1.29, 1.82) is 0 Å². The predicted octanol–water partition coefficient (Wildman–Crippen LogP) is 17.2. The van der Waals surface area contributed by atoms with E-state index in [1.54, 1.807) is 6.20 Å². The molecular formula is C68H107BBr2IN10O6Si4+. The predicted molar refractivity (Wildman–Crippen MR) is 404 cm³/mol. The molecule has 4 aromatic heterocycles. The van der Waals surface area contributed by atoms with Crippen LogP contribution in [0, 0.1) is 29.6 Å². The van der Waals surface area contributed by atoms with E-state index in [9.17, 15) is 0 Å². The standard InChI is InChI=1S/C31H48BrN5O2Si2.C26H44IN4O2Si2.C11H15BBrNO2/c1-40(2,3)13-11-38-21-36(22-39-12-14-41(4,5)6)30-18-28(26-16-23-7-8-24(15-23)17-26)35-31-27(20-34-37(30)31)25-9-10-29(32)33-19-25;1-34(2,3)11-9-32-18-30(19-33-10-12-35(4,5)6)25-16-24(29-26-23(27)17-28-31(25)26)22-14-20-7-8-21(13-20)15-22;1-10(2)11(3,4)16-12(15-10)8-5-6-9(13)14-7-8/h9-10,18-20,23-24,26H,7-8,11-17,21-22H2,1-6H3;16,20-22H,7-15,18-19H2,1-6H3;5-7H,1-4H3/q;+1;. The number of anilines is 1. The smallest absolute Gasteiger partial charge is 0.399 e. The summed E-state index contributed by atoms with van der Waals surface area (Å²) in [7, 11) is -4.99. The van der Waals surface area contributed by atoms with Crippen LogP contribution in [0.5, 0.6) is 0 Å². The first kappa shape index (κ1) is 73.7. The molecule has 4 saturated carbocycles. The topological polar surface area (TPSA) is 146 Å². The summed E-state index contributed by atoms with van der Waals surface area (Å²) < 4.78 is 41.5. The first-order valence-electron chi connectivity index (χ1n) is 34.0. The van der Waals surface area contributed by atoms with Crippen LogP contribution >= 0.6 is 54.5 Å². The van der Waals surface area contributed by atoms with E-state index in [4.69, 9.17) is 43.3 Å². The van der Waals surface area contributed by atoms with Crippen molar-refractivity contribution in [3.63, 3.8) is 0 Å². The molecule has 4 aromatic rings. The van der Waals surface area contributed by atoms with Gasteiger partial charge in [0, 0.05) is 145 Å². The van der Waals surface area contributed by atoms with Crippen LogP contribution in [0.4, 0.5) is 5.82 Å². The van der Waals surface area contributed by atoms with E-state index in [0.717, 1.165) is 127 Å². The summed E-state index contributed by atoms with van der Waals surface area (Å²) >= 11 is 9.10. The minimum atomic E-state index is -1.19. The van der Waals surface area contributed by atoms with Gasteiger partial charge in [0.05, 0.1) is 23.1 Å². The van der Waals surface area contributed by atoms with Crippen LogP contribution < -0.4 is 10.4 Å². The molecule has 16 nitrogen and oxygen atoms in total. The first-order chi connectivity index (χ1) is 43.2. The fourth-order valence-electron chi connectivity index (χ4n) is 13.0. The number of aromatic nitrogens is 5. The van der Waals surface area contributed by atoms with Gasteiger partial charge in [0.1, 0.15) is 41.9 Å². The van der Waals surface area contributed by atoms with Crippen molar-refractivity contribution in [1.82, 2.24) is 34.5 Å². The highest BCUT2D eigenvalue weighted by molar-refractivity contribution is 14.1. The van der Waals surface area contributed by atoms with E-state index in [2.05, 4.69) is 182 Å². The summed E-state index contributed by atoms with van der Waals surface area (Å²) in [6.07, 6.45) is 24.4. The largest absolute Gasteiger partial charge is 0.496 e. The van der Waals surface area contributed by atoms with Crippen molar-refractivity contribution >= 4 is 123 Å². The van der Waals surface area contributed by atoms with Crippen LogP contribution in [0.25, 0.3) is 16.8 Å². The maximum absolute atomic E-state index is 6.32. The third-order valence-electron chi connectivity index (χ3n) is 19.4. The lowest BCUT2D eigenvalue weighted by Gasteiger charge is -2.33. The highest BCUT2D eigenvalue weighted by Gasteiger charge is 2.52. The van der Waals surface area contributed by atoms with Gasteiger partial charge in [-0.1, -0.05) is 115 Å².